The fourth-order valence-electron chi connectivity index (χ4n) is 9.08. The number of hydrogen-bond acceptors (Lipinski definition) is 11. The number of carbonyl (C=O) groups is 4. The lowest BCUT2D eigenvalue weighted by molar-refractivity contribution is -0.301. The van der Waals surface area contributed by atoms with Gasteiger partial charge >= 0.3 is 23.9 Å². The van der Waals surface area contributed by atoms with E-state index in [-0.39, 0.29) is 25.9 Å². The van der Waals surface area contributed by atoms with Crippen LogP contribution in [0.4, 0.5) is 0 Å². The summed E-state index contributed by atoms with van der Waals surface area (Å²) >= 11 is 0. The first-order valence-corrected chi connectivity index (χ1v) is 30.6. The van der Waals surface area contributed by atoms with Crippen molar-refractivity contribution in [3.05, 3.63) is 48.6 Å². The van der Waals surface area contributed by atoms with Crippen molar-refractivity contribution >= 4 is 23.9 Å². The number of unbranched alkanes of at least 4 members (excludes halogenated alkanes) is 30. The Morgan fingerprint density at radius 3 is 1.28 bits per heavy atom. The number of ether oxygens (including phenoxy) is 5. The number of hydrogen-bond donors (Lipinski definition) is 3. The molecule has 0 aromatic heterocycles. The summed E-state index contributed by atoms with van der Waals surface area (Å²) in [5.74, 6) is -3.13. The average molecular weight is 1060 g/mol. The molecule has 6 unspecified atom stereocenters. The first-order valence-electron chi connectivity index (χ1n) is 30.6. The number of esters is 3. The second-order valence-corrected chi connectivity index (χ2v) is 21.0. The first-order chi connectivity index (χ1) is 36.6. The Kier molecular flexibility index (Phi) is 47.8. The van der Waals surface area contributed by atoms with Crippen LogP contribution in [0.1, 0.15) is 278 Å². The van der Waals surface area contributed by atoms with E-state index in [1.807, 2.05) is 0 Å². The van der Waals surface area contributed by atoms with Crippen molar-refractivity contribution in [2.24, 2.45) is 0 Å². The Morgan fingerprint density at radius 1 is 0.440 bits per heavy atom. The average Bonchev–Trinajstić information content (AvgIpc) is 3.39. The van der Waals surface area contributed by atoms with Crippen LogP contribution in [-0.2, 0) is 42.9 Å². The molecular formula is C63H110O12. The van der Waals surface area contributed by atoms with Gasteiger partial charge in [-0.25, -0.2) is 4.79 Å². The summed E-state index contributed by atoms with van der Waals surface area (Å²) in [5, 5.41) is 31.5. The van der Waals surface area contributed by atoms with Gasteiger partial charge in [0.25, 0.3) is 0 Å². The zero-order chi connectivity index (χ0) is 54.7. The van der Waals surface area contributed by atoms with Gasteiger partial charge in [0.05, 0.1) is 6.61 Å². The van der Waals surface area contributed by atoms with E-state index < -0.39 is 67.3 Å². The summed E-state index contributed by atoms with van der Waals surface area (Å²) in [6.07, 6.45) is 49.3. The van der Waals surface area contributed by atoms with Crippen molar-refractivity contribution in [3.63, 3.8) is 0 Å². The molecule has 0 aromatic rings. The molecule has 1 heterocycles. The smallest absolute Gasteiger partial charge is 0.335 e. The number of carboxylic acids is 1. The normalized spacial score (nSPS) is 18.4. The standard InChI is InChI=1S/C63H110O12/c1-4-7-10-13-16-19-22-24-26-28-30-32-35-37-40-43-46-49-55(64)71-52-54(73-56(65)50-47-44-41-38-34-21-18-15-12-9-6-3)53-72-63-61(59(68)58(67)60(75-63)62(69)70)74-57(66)51-48-45-42-39-36-33-31-29-27-25-23-20-17-14-11-8-5-2/h15-16,18-19,24-27,54,58-61,63,67-68H,4-14,17,20-23,28-53H2,1-3H3,(H,69,70)/b18-15-,19-16-,26-24-,27-25-. The molecule has 75 heavy (non-hydrogen) atoms. The summed E-state index contributed by atoms with van der Waals surface area (Å²) in [7, 11) is 0. The molecule has 0 saturated carbocycles. The van der Waals surface area contributed by atoms with Crippen LogP contribution in [0.5, 0.6) is 0 Å². The molecule has 0 amide bonds. The second-order valence-electron chi connectivity index (χ2n) is 21.0. The molecule has 0 aliphatic carbocycles. The highest BCUT2D eigenvalue weighted by atomic mass is 16.7. The summed E-state index contributed by atoms with van der Waals surface area (Å²) in [6.45, 7) is 5.93. The van der Waals surface area contributed by atoms with Gasteiger partial charge in [-0.1, -0.05) is 211 Å². The fraction of sp³-hybridized carbons (Fsp3) is 0.810. The second kappa shape index (κ2) is 51.4. The van der Waals surface area contributed by atoms with Gasteiger partial charge in [0.1, 0.15) is 18.8 Å². The fourth-order valence-corrected chi connectivity index (χ4v) is 9.08. The van der Waals surface area contributed by atoms with E-state index in [0.717, 1.165) is 109 Å². The van der Waals surface area contributed by atoms with Crippen LogP contribution in [0, 0.1) is 0 Å². The number of aliphatic hydroxyl groups is 2. The van der Waals surface area contributed by atoms with Crippen molar-refractivity contribution < 1.29 is 58.2 Å². The topological polar surface area (TPSA) is 175 Å². The predicted octanol–water partition coefficient (Wildman–Crippen LogP) is 15.8. The SMILES string of the molecule is CCCC/C=C\CCCCCCCC(=O)OC(COC(=O)CCCCCCCCC/C=C\C/C=C\CCCCC)COC1OC(C(=O)O)C(O)C(O)C1OC(=O)CCCCCCCCC/C=C\CCCCCCCC. The zero-order valence-electron chi connectivity index (χ0n) is 47.8. The quantitative estimate of drug-likeness (QED) is 0.0228. The highest BCUT2D eigenvalue weighted by Gasteiger charge is 2.50. The molecule has 0 aromatic carbocycles. The molecule has 1 fully saturated rings. The lowest BCUT2D eigenvalue weighted by Gasteiger charge is -2.40. The van der Waals surface area contributed by atoms with E-state index in [4.69, 9.17) is 23.7 Å². The summed E-state index contributed by atoms with van der Waals surface area (Å²) in [4.78, 5) is 51.1. The first kappa shape index (κ1) is 69.7. The van der Waals surface area contributed by atoms with Gasteiger partial charge < -0.3 is 39.0 Å². The van der Waals surface area contributed by atoms with Gasteiger partial charge in [0.2, 0.25) is 0 Å². The van der Waals surface area contributed by atoms with Crippen molar-refractivity contribution in [1.82, 2.24) is 0 Å². The Bertz CT molecular complexity index is 1490. The van der Waals surface area contributed by atoms with Crippen LogP contribution >= 0.6 is 0 Å². The maximum atomic E-state index is 13.1. The van der Waals surface area contributed by atoms with Gasteiger partial charge in [-0.15, -0.1) is 0 Å². The number of carboxylic acid groups (broad SMARTS) is 1. The highest BCUT2D eigenvalue weighted by Crippen LogP contribution is 2.26. The number of carbonyl (C=O) groups excluding carboxylic acids is 3. The van der Waals surface area contributed by atoms with E-state index in [9.17, 15) is 34.5 Å². The molecular weight excluding hydrogens is 949 g/mol. The van der Waals surface area contributed by atoms with Gasteiger partial charge in [-0.2, -0.15) is 0 Å². The molecule has 12 heteroatoms. The minimum absolute atomic E-state index is 0.0552. The molecule has 1 aliphatic rings. The van der Waals surface area contributed by atoms with E-state index in [1.54, 1.807) is 0 Å². The Balaban J connectivity index is 2.65. The van der Waals surface area contributed by atoms with Crippen molar-refractivity contribution in [3.8, 4) is 0 Å². The third-order valence-electron chi connectivity index (χ3n) is 13.8. The highest BCUT2D eigenvalue weighted by molar-refractivity contribution is 5.74. The number of aliphatic hydroxyl groups excluding tert-OH is 2. The predicted molar refractivity (Wildman–Crippen MR) is 303 cm³/mol. The van der Waals surface area contributed by atoms with Crippen LogP contribution in [-0.4, -0.2) is 89.2 Å². The van der Waals surface area contributed by atoms with Gasteiger partial charge in [-0.3, -0.25) is 14.4 Å². The van der Waals surface area contributed by atoms with E-state index in [1.165, 1.54) is 109 Å². The third-order valence-corrected chi connectivity index (χ3v) is 13.8. The van der Waals surface area contributed by atoms with Gasteiger partial charge in [0.15, 0.2) is 24.6 Å². The summed E-state index contributed by atoms with van der Waals surface area (Å²) < 4.78 is 28.4. The number of allylic oxidation sites excluding steroid dienone is 8. The lowest BCUT2D eigenvalue weighted by Crippen LogP contribution is -2.61. The molecule has 12 nitrogen and oxygen atoms in total. The minimum Gasteiger partial charge on any atom is -0.479 e. The number of aliphatic carboxylic acids is 1. The van der Waals surface area contributed by atoms with Crippen molar-refractivity contribution in [2.75, 3.05) is 13.2 Å². The van der Waals surface area contributed by atoms with Crippen molar-refractivity contribution in [2.45, 2.75) is 314 Å². The molecule has 0 radical (unpaired) electrons. The summed E-state index contributed by atoms with van der Waals surface area (Å²) in [5.41, 5.74) is 0. The maximum Gasteiger partial charge on any atom is 0.335 e. The van der Waals surface area contributed by atoms with Crippen LogP contribution in [0.25, 0.3) is 0 Å². The molecule has 1 saturated heterocycles. The molecule has 0 spiro atoms. The third kappa shape index (κ3) is 41.5. The van der Waals surface area contributed by atoms with Crippen LogP contribution in [0.2, 0.25) is 0 Å². The van der Waals surface area contributed by atoms with E-state index in [2.05, 4.69) is 69.4 Å². The zero-order valence-corrected chi connectivity index (χ0v) is 47.8. The van der Waals surface area contributed by atoms with Gasteiger partial charge in [-0.05, 0) is 96.3 Å². The maximum absolute atomic E-state index is 13.1. The van der Waals surface area contributed by atoms with Crippen LogP contribution < -0.4 is 0 Å². The molecule has 6 atom stereocenters. The Labute approximate surface area is 456 Å². The minimum atomic E-state index is -1.90. The largest absolute Gasteiger partial charge is 0.479 e. The lowest BCUT2D eigenvalue weighted by atomic mass is 9.98. The Hall–Kier alpha value is -3.32. The van der Waals surface area contributed by atoms with E-state index in [0.29, 0.717) is 19.3 Å². The monoisotopic (exact) mass is 1060 g/mol. The van der Waals surface area contributed by atoms with Crippen LogP contribution in [0.15, 0.2) is 48.6 Å². The molecule has 3 N–H and O–H groups in total. The van der Waals surface area contributed by atoms with Crippen LogP contribution in [0.3, 0.4) is 0 Å². The van der Waals surface area contributed by atoms with E-state index >= 15 is 0 Å². The molecule has 434 valence electrons. The van der Waals surface area contributed by atoms with Crippen molar-refractivity contribution in [1.29, 1.82) is 0 Å². The Morgan fingerprint density at radius 2 is 0.813 bits per heavy atom. The number of rotatable bonds is 52. The summed E-state index contributed by atoms with van der Waals surface area (Å²) in [6, 6.07) is 0. The molecule has 0 bridgehead atoms. The molecule has 1 rings (SSSR count). The van der Waals surface area contributed by atoms with Gasteiger partial charge in [0, 0.05) is 19.3 Å². The molecule has 1 aliphatic heterocycles.